The third-order valence-electron chi connectivity index (χ3n) is 1.63. The van der Waals surface area contributed by atoms with Crippen molar-refractivity contribution >= 4 is 23.4 Å². The van der Waals surface area contributed by atoms with Gasteiger partial charge in [0.15, 0.2) is 0 Å². The highest BCUT2D eigenvalue weighted by Gasteiger charge is 1.93. The van der Waals surface area contributed by atoms with Gasteiger partial charge in [0.05, 0.1) is 0 Å². The predicted molar refractivity (Wildman–Crippen MR) is 58.8 cm³/mol. The standard InChI is InChI=1S/C10H13ClOS/c11-7-1-2-8-13-10-5-3-9(12)4-6-10/h3-6,12H,1-2,7-8H2. The van der Waals surface area contributed by atoms with Crippen LogP contribution in [0.1, 0.15) is 12.8 Å². The highest BCUT2D eigenvalue weighted by Crippen LogP contribution is 2.21. The number of phenolic OH excluding ortho intramolecular Hbond substituents is 1. The van der Waals surface area contributed by atoms with E-state index in [1.807, 2.05) is 12.1 Å². The minimum absolute atomic E-state index is 0.324. The lowest BCUT2D eigenvalue weighted by Gasteiger charge is -2.00. The largest absolute Gasteiger partial charge is 0.508 e. The topological polar surface area (TPSA) is 20.2 Å². The monoisotopic (exact) mass is 216 g/mol. The van der Waals surface area contributed by atoms with E-state index in [1.54, 1.807) is 23.9 Å². The summed E-state index contributed by atoms with van der Waals surface area (Å²) in [4.78, 5) is 1.20. The van der Waals surface area contributed by atoms with Gasteiger partial charge in [-0.15, -0.1) is 23.4 Å². The summed E-state index contributed by atoms with van der Waals surface area (Å²) in [6.07, 6.45) is 2.22. The van der Waals surface area contributed by atoms with Crippen LogP contribution in [0, 0.1) is 0 Å². The van der Waals surface area contributed by atoms with E-state index in [0.29, 0.717) is 5.75 Å². The van der Waals surface area contributed by atoms with Gasteiger partial charge in [-0.25, -0.2) is 0 Å². The highest BCUT2D eigenvalue weighted by molar-refractivity contribution is 7.99. The molecule has 0 unspecified atom stereocenters. The second-order valence-corrected chi connectivity index (χ2v) is 4.28. The zero-order chi connectivity index (χ0) is 9.52. The van der Waals surface area contributed by atoms with Crippen molar-refractivity contribution < 1.29 is 5.11 Å². The summed E-state index contributed by atoms with van der Waals surface area (Å²) >= 11 is 7.36. The molecule has 0 bridgehead atoms. The van der Waals surface area contributed by atoms with Gasteiger partial charge in [-0.05, 0) is 42.9 Å². The molecule has 1 aromatic carbocycles. The Balaban J connectivity index is 2.25. The number of alkyl halides is 1. The summed E-state index contributed by atoms with van der Waals surface area (Å²) in [6.45, 7) is 0. The Labute approximate surface area is 88.1 Å². The maximum absolute atomic E-state index is 9.04. The van der Waals surface area contributed by atoms with Crippen molar-refractivity contribution in [3.63, 3.8) is 0 Å². The minimum atomic E-state index is 0.324. The molecule has 0 saturated heterocycles. The zero-order valence-electron chi connectivity index (χ0n) is 7.37. The van der Waals surface area contributed by atoms with Crippen LogP contribution >= 0.6 is 23.4 Å². The first kappa shape index (κ1) is 10.7. The summed E-state index contributed by atoms with van der Waals surface area (Å²) in [5.41, 5.74) is 0. The number of benzene rings is 1. The molecule has 0 aliphatic carbocycles. The molecule has 0 amide bonds. The van der Waals surface area contributed by atoms with Crippen LogP contribution in [-0.4, -0.2) is 16.7 Å². The van der Waals surface area contributed by atoms with E-state index < -0.39 is 0 Å². The van der Waals surface area contributed by atoms with Crippen molar-refractivity contribution in [2.75, 3.05) is 11.6 Å². The van der Waals surface area contributed by atoms with Crippen LogP contribution in [0.15, 0.2) is 29.2 Å². The second kappa shape index (κ2) is 6.17. The lowest BCUT2D eigenvalue weighted by Crippen LogP contribution is -1.81. The average Bonchev–Trinajstić information content (AvgIpc) is 2.15. The number of hydrogen-bond donors (Lipinski definition) is 1. The van der Waals surface area contributed by atoms with E-state index >= 15 is 0 Å². The molecule has 0 aliphatic heterocycles. The van der Waals surface area contributed by atoms with Crippen LogP contribution in [0.25, 0.3) is 0 Å². The Morgan fingerprint density at radius 3 is 2.46 bits per heavy atom. The molecule has 1 nitrogen and oxygen atoms in total. The Bertz CT molecular complexity index is 235. The Hall–Kier alpha value is -0.340. The maximum Gasteiger partial charge on any atom is 0.115 e. The van der Waals surface area contributed by atoms with Crippen LogP contribution in [0.5, 0.6) is 5.75 Å². The van der Waals surface area contributed by atoms with Gasteiger partial charge in [-0.3, -0.25) is 0 Å². The highest BCUT2D eigenvalue weighted by atomic mass is 35.5. The van der Waals surface area contributed by atoms with Crippen molar-refractivity contribution in [1.82, 2.24) is 0 Å². The molecule has 0 spiro atoms. The number of aromatic hydroxyl groups is 1. The molecule has 1 rings (SSSR count). The van der Waals surface area contributed by atoms with Gasteiger partial charge in [-0.2, -0.15) is 0 Å². The van der Waals surface area contributed by atoms with Gasteiger partial charge in [-0.1, -0.05) is 0 Å². The van der Waals surface area contributed by atoms with E-state index in [9.17, 15) is 0 Å². The van der Waals surface area contributed by atoms with Crippen molar-refractivity contribution in [2.24, 2.45) is 0 Å². The second-order valence-electron chi connectivity index (χ2n) is 2.74. The Kier molecular flexibility index (Phi) is 5.09. The van der Waals surface area contributed by atoms with Crippen molar-refractivity contribution in [1.29, 1.82) is 0 Å². The fourth-order valence-electron chi connectivity index (χ4n) is 0.929. The molecular formula is C10H13ClOS. The fraction of sp³-hybridized carbons (Fsp3) is 0.400. The third-order valence-corrected chi connectivity index (χ3v) is 3.00. The normalized spacial score (nSPS) is 10.2. The van der Waals surface area contributed by atoms with Gasteiger partial charge in [0, 0.05) is 10.8 Å². The number of thioether (sulfide) groups is 1. The smallest absolute Gasteiger partial charge is 0.115 e. The quantitative estimate of drug-likeness (QED) is 0.462. The van der Waals surface area contributed by atoms with Crippen molar-refractivity contribution in [3.8, 4) is 5.75 Å². The van der Waals surface area contributed by atoms with Crippen molar-refractivity contribution in [2.45, 2.75) is 17.7 Å². The number of phenols is 1. The molecule has 13 heavy (non-hydrogen) atoms. The lowest BCUT2D eigenvalue weighted by atomic mass is 10.3. The van der Waals surface area contributed by atoms with Crippen LogP contribution in [0.4, 0.5) is 0 Å². The van der Waals surface area contributed by atoms with Gasteiger partial charge in [0.2, 0.25) is 0 Å². The first-order valence-electron chi connectivity index (χ1n) is 4.31. The number of hydrogen-bond acceptors (Lipinski definition) is 2. The van der Waals surface area contributed by atoms with E-state index in [-0.39, 0.29) is 0 Å². The zero-order valence-corrected chi connectivity index (χ0v) is 8.94. The lowest BCUT2D eigenvalue weighted by molar-refractivity contribution is 0.475. The molecule has 1 aromatic rings. The number of unbranched alkanes of at least 4 members (excludes halogenated alkanes) is 1. The van der Waals surface area contributed by atoms with Gasteiger partial charge in [0.1, 0.15) is 5.75 Å². The van der Waals surface area contributed by atoms with Crippen LogP contribution in [0.2, 0.25) is 0 Å². The first-order chi connectivity index (χ1) is 6.33. The van der Waals surface area contributed by atoms with E-state index in [1.165, 1.54) is 4.90 Å². The Morgan fingerprint density at radius 1 is 1.15 bits per heavy atom. The predicted octanol–water partition coefficient (Wildman–Crippen LogP) is 3.50. The SMILES string of the molecule is Oc1ccc(SCCCCCl)cc1. The maximum atomic E-state index is 9.04. The molecule has 0 radical (unpaired) electrons. The van der Waals surface area contributed by atoms with E-state index in [0.717, 1.165) is 24.5 Å². The van der Waals surface area contributed by atoms with E-state index in [2.05, 4.69) is 0 Å². The van der Waals surface area contributed by atoms with Gasteiger partial charge >= 0.3 is 0 Å². The minimum Gasteiger partial charge on any atom is -0.508 e. The summed E-state index contributed by atoms with van der Waals surface area (Å²) in [5, 5.41) is 9.04. The molecule has 0 aliphatic rings. The fourth-order valence-corrected chi connectivity index (χ4v) is 2.03. The molecule has 0 fully saturated rings. The molecule has 0 saturated carbocycles. The van der Waals surface area contributed by atoms with Crippen LogP contribution < -0.4 is 0 Å². The van der Waals surface area contributed by atoms with E-state index in [4.69, 9.17) is 16.7 Å². The van der Waals surface area contributed by atoms with Crippen LogP contribution in [-0.2, 0) is 0 Å². The van der Waals surface area contributed by atoms with Crippen LogP contribution in [0.3, 0.4) is 0 Å². The van der Waals surface area contributed by atoms with Crippen molar-refractivity contribution in [3.05, 3.63) is 24.3 Å². The third kappa shape index (κ3) is 4.44. The molecule has 0 heterocycles. The van der Waals surface area contributed by atoms with Gasteiger partial charge < -0.3 is 5.11 Å². The summed E-state index contributed by atoms with van der Waals surface area (Å²) in [6, 6.07) is 7.29. The summed E-state index contributed by atoms with van der Waals surface area (Å²) in [5.74, 6) is 2.17. The summed E-state index contributed by atoms with van der Waals surface area (Å²) in [7, 11) is 0. The number of halogens is 1. The molecule has 3 heteroatoms. The molecule has 0 atom stereocenters. The molecule has 72 valence electrons. The number of rotatable bonds is 5. The average molecular weight is 217 g/mol. The molecular weight excluding hydrogens is 204 g/mol. The Morgan fingerprint density at radius 2 is 1.85 bits per heavy atom. The molecule has 0 aromatic heterocycles. The molecule has 1 N–H and O–H groups in total. The summed E-state index contributed by atoms with van der Waals surface area (Å²) < 4.78 is 0. The van der Waals surface area contributed by atoms with Gasteiger partial charge in [0.25, 0.3) is 0 Å². The first-order valence-corrected chi connectivity index (χ1v) is 5.83.